The van der Waals surface area contributed by atoms with Crippen LogP contribution in [-0.2, 0) is 28.6 Å². The van der Waals surface area contributed by atoms with Crippen LogP contribution < -0.4 is 0 Å². The molecule has 0 aromatic heterocycles. The van der Waals surface area contributed by atoms with Gasteiger partial charge in [0.2, 0.25) is 0 Å². The van der Waals surface area contributed by atoms with E-state index in [-0.39, 0.29) is 37.5 Å². The van der Waals surface area contributed by atoms with Gasteiger partial charge >= 0.3 is 17.9 Å². The highest BCUT2D eigenvalue weighted by atomic mass is 16.6. The van der Waals surface area contributed by atoms with Crippen molar-refractivity contribution in [2.45, 2.75) is 354 Å². The molecule has 0 aromatic carbocycles. The van der Waals surface area contributed by atoms with Crippen molar-refractivity contribution in [3.63, 3.8) is 0 Å². The molecule has 0 N–H and O–H groups in total. The quantitative estimate of drug-likeness (QED) is 0.0261. The Balaban J connectivity index is 4.19. The molecule has 0 fully saturated rings. The molecule has 0 saturated carbocycles. The fraction of sp³-hybridized carbons (Fsp3) is 0.792. The summed E-state index contributed by atoms with van der Waals surface area (Å²) >= 11 is 0. The highest BCUT2D eigenvalue weighted by molar-refractivity contribution is 5.71. The molecule has 0 aromatic rings. The first-order chi connectivity index (χ1) is 38.5. The van der Waals surface area contributed by atoms with Gasteiger partial charge in [-0.05, 0) is 96.3 Å². The molecule has 0 aliphatic rings. The molecule has 452 valence electrons. The summed E-state index contributed by atoms with van der Waals surface area (Å²) in [5.41, 5.74) is 0. The average Bonchev–Trinajstić information content (AvgIpc) is 3.44. The Morgan fingerprint density at radius 1 is 0.269 bits per heavy atom. The first kappa shape index (κ1) is 74.8. The van der Waals surface area contributed by atoms with E-state index in [0.29, 0.717) is 19.3 Å². The minimum absolute atomic E-state index is 0.0980. The van der Waals surface area contributed by atoms with Gasteiger partial charge in [-0.2, -0.15) is 0 Å². The lowest BCUT2D eigenvalue weighted by Crippen LogP contribution is -2.30. The first-order valence-corrected chi connectivity index (χ1v) is 33.9. The number of hydrogen-bond donors (Lipinski definition) is 0. The molecule has 0 bridgehead atoms. The van der Waals surface area contributed by atoms with Crippen LogP contribution in [0.15, 0.2) is 72.9 Å². The molecule has 0 spiro atoms. The van der Waals surface area contributed by atoms with Crippen LogP contribution in [-0.4, -0.2) is 37.2 Å². The number of hydrogen-bond acceptors (Lipinski definition) is 6. The SMILES string of the molecule is CC/C=C\C/C=C\C/C=C\C/C=C\CCC(=O)OCC(COC(=O)CCCCCCCCCCCCCCCCCCCCC/C=C\CCCCCCCCCC)OC(=O)CCCCCCC/C=C\CCCCCCCCC. The lowest BCUT2D eigenvalue weighted by Gasteiger charge is -2.18. The molecule has 0 aliphatic carbocycles. The second-order valence-corrected chi connectivity index (χ2v) is 22.7. The lowest BCUT2D eigenvalue weighted by molar-refractivity contribution is -0.166. The second-order valence-electron chi connectivity index (χ2n) is 22.7. The Hall–Kier alpha value is -3.15. The summed E-state index contributed by atoms with van der Waals surface area (Å²) in [6, 6.07) is 0. The summed E-state index contributed by atoms with van der Waals surface area (Å²) in [4.78, 5) is 38.2. The van der Waals surface area contributed by atoms with E-state index in [2.05, 4.69) is 87.6 Å². The van der Waals surface area contributed by atoms with Gasteiger partial charge in [0.15, 0.2) is 6.10 Å². The van der Waals surface area contributed by atoms with Crippen LogP contribution in [0.2, 0.25) is 0 Å². The van der Waals surface area contributed by atoms with E-state index >= 15 is 0 Å². The zero-order valence-corrected chi connectivity index (χ0v) is 51.9. The van der Waals surface area contributed by atoms with E-state index in [1.54, 1.807) is 0 Å². The van der Waals surface area contributed by atoms with E-state index < -0.39 is 6.10 Å². The molecule has 0 aliphatic heterocycles. The minimum Gasteiger partial charge on any atom is -0.462 e. The fourth-order valence-corrected chi connectivity index (χ4v) is 9.86. The molecular formula is C72H128O6. The molecule has 1 unspecified atom stereocenters. The highest BCUT2D eigenvalue weighted by Crippen LogP contribution is 2.17. The predicted molar refractivity (Wildman–Crippen MR) is 339 cm³/mol. The molecule has 6 nitrogen and oxygen atoms in total. The summed E-state index contributed by atoms with van der Waals surface area (Å²) < 4.78 is 16.8. The standard InChI is InChI=1S/C72H128O6/c1-4-7-10-13-16-19-22-25-27-29-30-31-32-33-34-35-36-37-38-39-40-41-42-43-45-47-50-53-56-59-62-65-71(74)77-68-69(67-76-70(73)64-61-58-55-52-49-46-24-21-18-15-12-9-6-3)78-72(75)66-63-60-57-54-51-48-44-28-26-23-20-17-14-11-8-5-2/h9,12,18,21,28-30,44,46,49,55,58,69H,4-8,10-11,13-17,19-20,22-27,31-43,45,47-48,50-54,56-57,59-68H2,1-3H3/b12-9-,21-18-,30-29-,44-28-,49-46-,58-55-. The van der Waals surface area contributed by atoms with Crippen LogP contribution in [0.4, 0.5) is 0 Å². The number of esters is 3. The van der Waals surface area contributed by atoms with Crippen LogP contribution >= 0.6 is 0 Å². The Labute approximate surface area is 484 Å². The molecular weight excluding hydrogens is 961 g/mol. The summed E-state index contributed by atoms with van der Waals surface area (Å²) in [6.45, 7) is 6.49. The molecule has 0 heterocycles. The summed E-state index contributed by atoms with van der Waals surface area (Å²) in [5, 5.41) is 0. The zero-order valence-electron chi connectivity index (χ0n) is 51.9. The van der Waals surface area contributed by atoms with Gasteiger partial charge in [0.1, 0.15) is 13.2 Å². The smallest absolute Gasteiger partial charge is 0.306 e. The number of unbranched alkanes of at least 4 members (excludes halogenated alkanes) is 39. The van der Waals surface area contributed by atoms with Crippen molar-refractivity contribution < 1.29 is 28.6 Å². The van der Waals surface area contributed by atoms with Crippen molar-refractivity contribution in [3.05, 3.63) is 72.9 Å². The van der Waals surface area contributed by atoms with Crippen molar-refractivity contribution in [1.82, 2.24) is 0 Å². The normalized spacial score (nSPS) is 12.5. The van der Waals surface area contributed by atoms with Crippen molar-refractivity contribution in [1.29, 1.82) is 0 Å². The van der Waals surface area contributed by atoms with Crippen LogP contribution in [0.25, 0.3) is 0 Å². The molecule has 1 atom stereocenters. The third kappa shape index (κ3) is 63.7. The van der Waals surface area contributed by atoms with Crippen LogP contribution in [0, 0.1) is 0 Å². The molecule has 0 rings (SSSR count). The monoisotopic (exact) mass is 1090 g/mol. The summed E-state index contributed by atoms with van der Waals surface area (Å²) in [5.74, 6) is -0.976. The van der Waals surface area contributed by atoms with Gasteiger partial charge in [0, 0.05) is 19.3 Å². The molecule has 0 saturated heterocycles. The number of carbonyl (C=O) groups is 3. The minimum atomic E-state index is -0.808. The lowest BCUT2D eigenvalue weighted by atomic mass is 10.0. The fourth-order valence-electron chi connectivity index (χ4n) is 9.86. The van der Waals surface area contributed by atoms with Gasteiger partial charge in [-0.15, -0.1) is 0 Å². The van der Waals surface area contributed by atoms with E-state index in [4.69, 9.17) is 14.2 Å². The van der Waals surface area contributed by atoms with Gasteiger partial charge in [-0.3, -0.25) is 14.4 Å². The van der Waals surface area contributed by atoms with Gasteiger partial charge in [0.25, 0.3) is 0 Å². The van der Waals surface area contributed by atoms with Crippen LogP contribution in [0.3, 0.4) is 0 Å². The number of ether oxygens (including phenoxy) is 3. The number of allylic oxidation sites excluding steroid dienone is 12. The molecule has 0 amide bonds. The summed E-state index contributed by atoms with van der Waals surface area (Å²) in [7, 11) is 0. The Morgan fingerprint density at radius 2 is 0.526 bits per heavy atom. The maximum atomic E-state index is 12.9. The average molecular weight is 1090 g/mol. The largest absolute Gasteiger partial charge is 0.462 e. The van der Waals surface area contributed by atoms with E-state index in [9.17, 15) is 14.4 Å². The van der Waals surface area contributed by atoms with E-state index in [1.807, 2.05) is 6.08 Å². The maximum Gasteiger partial charge on any atom is 0.306 e. The third-order valence-electron chi connectivity index (χ3n) is 14.9. The van der Waals surface area contributed by atoms with Crippen LogP contribution in [0.1, 0.15) is 348 Å². The topological polar surface area (TPSA) is 78.9 Å². The van der Waals surface area contributed by atoms with Gasteiger partial charge in [0.05, 0.1) is 0 Å². The van der Waals surface area contributed by atoms with Crippen molar-refractivity contribution in [3.8, 4) is 0 Å². The van der Waals surface area contributed by atoms with Gasteiger partial charge in [-0.25, -0.2) is 0 Å². The zero-order chi connectivity index (χ0) is 56.4. The highest BCUT2D eigenvalue weighted by Gasteiger charge is 2.19. The second kappa shape index (κ2) is 66.4. The van der Waals surface area contributed by atoms with E-state index in [0.717, 1.165) is 77.0 Å². The maximum absolute atomic E-state index is 12.9. The van der Waals surface area contributed by atoms with E-state index in [1.165, 1.54) is 225 Å². The van der Waals surface area contributed by atoms with Crippen molar-refractivity contribution in [2.75, 3.05) is 13.2 Å². The number of carbonyl (C=O) groups excluding carboxylic acids is 3. The Bertz CT molecular complexity index is 1440. The Kier molecular flexibility index (Phi) is 63.7. The van der Waals surface area contributed by atoms with Gasteiger partial charge in [-0.1, -0.05) is 306 Å². The third-order valence-corrected chi connectivity index (χ3v) is 14.9. The predicted octanol–water partition coefficient (Wildman–Crippen LogP) is 23.3. The Morgan fingerprint density at radius 3 is 0.859 bits per heavy atom. The molecule has 78 heavy (non-hydrogen) atoms. The van der Waals surface area contributed by atoms with Crippen LogP contribution in [0.5, 0.6) is 0 Å². The van der Waals surface area contributed by atoms with Crippen molar-refractivity contribution >= 4 is 17.9 Å². The van der Waals surface area contributed by atoms with Gasteiger partial charge < -0.3 is 14.2 Å². The van der Waals surface area contributed by atoms with Crippen molar-refractivity contribution in [2.24, 2.45) is 0 Å². The summed E-state index contributed by atoms with van der Waals surface area (Å²) in [6.07, 6.45) is 86.7. The molecule has 0 radical (unpaired) electrons. The molecule has 6 heteroatoms. The first-order valence-electron chi connectivity index (χ1n) is 33.9. The number of rotatable bonds is 62.